The second-order valence-corrected chi connectivity index (χ2v) is 3.59. The molecule has 0 radical (unpaired) electrons. The third-order valence-corrected chi connectivity index (χ3v) is 2.25. The summed E-state index contributed by atoms with van der Waals surface area (Å²) in [6, 6.07) is 3.68. The van der Waals surface area contributed by atoms with Crippen LogP contribution in [0.3, 0.4) is 0 Å². The van der Waals surface area contributed by atoms with Gasteiger partial charge in [0.2, 0.25) is 0 Å². The normalized spacial score (nSPS) is 10.4. The van der Waals surface area contributed by atoms with E-state index in [1.165, 1.54) is 6.20 Å². The highest BCUT2D eigenvalue weighted by Crippen LogP contribution is 2.13. The van der Waals surface area contributed by atoms with Gasteiger partial charge in [-0.25, -0.2) is 9.78 Å². The second-order valence-electron chi connectivity index (χ2n) is 3.59. The SMILES string of the molecule is CCN(c1ccc(C(=O)O)cn1)C(C)C. The molecule has 1 heterocycles. The summed E-state index contributed by atoms with van der Waals surface area (Å²) in [6.45, 7) is 7.07. The Hall–Kier alpha value is -1.58. The Morgan fingerprint density at radius 2 is 2.20 bits per heavy atom. The highest BCUT2D eigenvalue weighted by molar-refractivity contribution is 5.87. The van der Waals surface area contributed by atoms with E-state index in [0.717, 1.165) is 12.4 Å². The number of carboxylic acid groups (broad SMARTS) is 1. The molecule has 4 nitrogen and oxygen atoms in total. The number of nitrogens with zero attached hydrogens (tertiary/aromatic N) is 2. The first-order valence-electron chi connectivity index (χ1n) is 5.02. The number of hydrogen-bond acceptors (Lipinski definition) is 3. The average molecular weight is 208 g/mol. The summed E-state index contributed by atoms with van der Waals surface area (Å²) in [7, 11) is 0. The molecule has 1 N–H and O–H groups in total. The minimum absolute atomic E-state index is 0.221. The van der Waals surface area contributed by atoms with Crippen molar-refractivity contribution in [3.8, 4) is 0 Å². The maximum Gasteiger partial charge on any atom is 0.337 e. The van der Waals surface area contributed by atoms with Gasteiger partial charge in [0.05, 0.1) is 5.56 Å². The van der Waals surface area contributed by atoms with Crippen LogP contribution >= 0.6 is 0 Å². The maximum absolute atomic E-state index is 10.6. The lowest BCUT2D eigenvalue weighted by atomic mass is 10.2. The molecule has 0 atom stereocenters. The molecule has 0 saturated carbocycles. The van der Waals surface area contributed by atoms with Crippen molar-refractivity contribution in [2.75, 3.05) is 11.4 Å². The smallest absolute Gasteiger partial charge is 0.337 e. The standard InChI is InChI=1S/C11H16N2O2/c1-4-13(8(2)3)10-6-5-9(7-12-10)11(14)15/h5-8H,4H2,1-3H3,(H,14,15). The molecule has 0 spiro atoms. The number of pyridine rings is 1. The number of aromatic carboxylic acids is 1. The largest absolute Gasteiger partial charge is 0.478 e. The lowest BCUT2D eigenvalue weighted by molar-refractivity contribution is 0.0696. The molecule has 0 unspecified atom stereocenters. The van der Waals surface area contributed by atoms with Crippen LogP contribution in [0, 0.1) is 0 Å². The first-order chi connectivity index (χ1) is 7.06. The molecule has 0 aliphatic heterocycles. The molecule has 4 heteroatoms. The molecule has 0 aromatic carbocycles. The predicted molar refractivity (Wildman–Crippen MR) is 59.4 cm³/mol. The molecule has 1 aromatic heterocycles. The van der Waals surface area contributed by atoms with Crippen LogP contribution in [-0.4, -0.2) is 28.6 Å². The molecule has 82 valence electrons. The zero-order valence-electron chi connectivity index (χ0n) is 9.27. The molecule has 15 heavy (non-hydrogen) atoms. The number of rotatable bonds is 4. The van der Waals surface area contributed by atoms with Gasteiger partial charge in [-0.15, -0.1) is 0 Å². The zero-order valence-corrected chi connectivity index (χ0v) is 9.27. The quantitative estimate of drug-likeness (QED) is 0.822. The minimum atomic E-state index is -0.943. The van der Waals surface area contributed by atoms with E-state index in [4.69, 9.17) is 5.11 Å². The van der Waals surface area contributed by atoms with Gasteiger partial charge in [0.25, 0.3) is 0 Å². The summed E-state index contributed by atoms with van der Waals surface area (Å²) in [5.41, 5.74) is 0.221. The van der Waals surface area contributed by atoms with Crippen molar-refractivity contribution in [3.05, 3.63) is 23.9 Å². The maximum atomic E-state index is 10.6. The molecular weight excluding hydrogens is 192 g/mol. The number of carbonyl (C=O) groups is 1. The number of anilines is 1. The van der Waals surface area contributed by atoms with Crippen molar-refractivity contribution in [1.82, 2.24) is 4.98 Å². The molecule has 0 aliphatic carbocycles. The van der Waals surface area contributed by atoms with E-state index in [-0.39, 0.29) is 5.56 Å². The molecular formula is C11H16N2O2. The highest BCUT2D eigenvalue weighted by Gasteiger charge is 2.10. The lowest BCUT2D eigenvalue weighted by Gasteiger charge is -2.26. The second kappa shape index (κ2) is 4.77. The summed E-state index contributed by atoms with van der Waals surface area (Å²) in [5.74, 6) is -0.126. The highest BCUT2D eigenvalue weighted by atomic mass is 16.4. The molecule has 0 fully saturated rings. The van der Waals surface area contributed by atoms with Gasteiger partial charge in [0.15, 0.2) is 0 Å². The van der Waals surface area contributed by atoms with Crippen LogP contribution in [0.1, 0.15) is 31.1 Å². The number of aromatic nitrogens is 1. The van der Waals surface area contributed by atoms with Crippen molar-refractivity contribution in [1.29, 1.82) is 0 Å². The summed E-state index contributed by atoms with van der Waals surface area (Å²) in [5, 5.41) is 8.73. The molecule has 1 rings (SSSR count). The van der Waals surface area contributed by atoms with Crippen LogP contribution in [-0.2, 0) is 0 Å². The van der Waals surface area contributed by atoms with Gasteiger partial charge in [-0.1, -0.05) is 0 Å². The van der Waals surface area contributed by atoms with E-state index in [1.807, 2.05) is 6.92 Å². The van der Waals surface area contributed by atoms with Crippen LogP contribution < -0.4 is 4.90 Å². The molecule has 0 saturated heterocycles. The van der Waals surface area contributed by atoms with Gasteiger partial charge in [-0.05, 0) is 32.9 Å². The Labute approximate surface area is 89.6 Å². The first kappa shape index (κ1) is 11.5. The zero-order chi connectivity index (χ0) is 11.4. The average Bonchev–Trinajstić information content (AvgIpc) is 2.19. The summed E-state index contributed by atoms with van der Waals surface area (Å²) < 4.78 is 0. The molecule has 0 aliphatic rings. The van der Waals surface area contributed by atoms with Gasteiger partial charge in [0.1, 0.15) is 5.82 Å². The van der Waals surface area contributed by atoms with Gasteiger partial charge in [-0.3, -0.25) is 0 Å². The van der Waals surface area contributed by atoms with Crippen LogP contribution in [0.2, 0.25) is 0 Å². The number of carboxylic acids is 1. The fourth-order valence-electron chi connectivity index (χ4n) is 1.47. The Morgan fingerprint density at radius 3 is 2.53 bits per heavy atom. The third kappa shape index (κ3) is 2.68. The summed E-state index contributed by atoms with van der Waals surface area (Å²) in [4.78, 5) is 16.9. The Morgan fingerprint density at radius 1 is 1.53 bits per heavy atom. The van der Waals surface area contributed by atoms with Crippen molar-refractivity contribution in [2.24, 2.45) is 0 Å². The molecule has 1 aromatic rings. The topological polar surface area (TPSA) is 53.4 Å². The van der Waals surface area contributed by atoms with Crippen molar-refractivity contribution in [3.63, 3.8) is 0 Å². The summed E-state index contributed by atoms with van der Waals surface area (Å²) >= 11 is 0. The Balaban J connectivity index is 2.92. The van der Waals surface area contributed by atoms with Crippen molar-refractivity contribution < 1.29 is 9.90 Å². The Bertz CT molecular complexity index is 333. The van der Waals surface area contributed by atoms with E-state index in [2.05, 4.69) is 23.7 Å². The Kier molecular flexibility index (Phi) is 3.66. The van der Waals surface area contributed by atoms with E-state index < -0.39 is 5.97 Å². The fraction of sp³-hybridized carbons (Fsp3) is 0.455. The van der Waals surface area contributed by atoms with Crippen molar-refractivity contribution >= 4 is 11.8 Å². The molecule has 0 bridgehead atoms. The van der Waals surface area contributed by atoms with E-state index in [9.17, 15) is 4.79 Å². The first-order valence-corrected chi connectivity index (χ1v) is 5.02. The van der Waals surface area contributed by atoms with Crippen LogP contribution in [0.25, 0.3) is 0 Å². The van der Waals surface area contributed by atoms with Gasteiger partial charge >= 0.3 is 5.97 Å². The van der Waals surface area contributed by atoms with Crippen LogP contribution in [0.5, 0.6) is 0 Å². The predicted octanol–water partition coefficient (Wildman–Crippen LogP) is 2.01. The minimum Gasteiger partial charge on any atom is -0.478 e. The van der Waals surface area contributed by atoms with Gasteiger partial charge in [-0.2, -0.15) is 0 Å². The van der Waals surface area contributed by atoms with Crippen molar-refractivity contribution in [2.45, 2.75) is 26.8 Å². The molecule has 0 amide bonds. The van der Waals surface area contributed by atoms with Gasteiger partial charge in [0, 0.05) is 18.8 Å². The van der Waals surface area contributed by atoms with E-state index in [1.54, 1.807) is 12.1 Å². The van der Waals surface area contributed by atoms with E-state index in [0.29, 0.717) is 6.04 Å². The summed E-state index contributed by atoms with van der Waals surface area (Å²) in [6.07, 6.45) is 1.39. The lowest BCUT2D eigenvalue weighted by Crippen LogP contribution is -2.31. The van der Waals surface area contributed by atoms with E-state index >= 15 is 0 Å². The van der Waals surface area contributed by atoms with Gasteiger partial charge < -0.3 is 10.0 Å². The van der Waals surface area contributed by atoms with Crippen LogP contribution in [0.4, 0.5) is 5.82 Å². The van der Waals surface area contributed by atoms with Crippen LogP contribution in [0.15, 0.2) is 18.3 Å². The fourth-order valence-corrected chi connectivity index (χ4v) is 1.47. The number of hydrogen-bond donors (Lipinski definition) is 1. The monoisotopic (exact) mass is 208 g/mol. The third-order valence-electron chi connectivity index (χ3n) is 2.25.